The first-order chi connectivity index (χ1) is 14.2. The predicted octanol–water partition coefficient (Wildman–Crippen LogP) is 4.22. The summed E-state index contributed by atoms with van der Waals surface area (Å²) in [5, 5.41) is 11.4. The Balaban J connectivity index is 1.89. The molecule has 7 nitrogen and oxygen atoms in total. The van der Waals surface area contributed by atoms with E-state index in [0.717, 1.165) is 16.5 Å². The topological polar surface area (TPSA) is 102 Å². The SMILES string of the molecule is O=C(O)c1nccncocccccc2ccccc2c2nc(oc3c1C3)C2. The minimum absolute atomic E-state index is 0.0594. The van der Waals surface area contributed by atoms with Gasteiger partial charge in [-0.3, -0.25) is 0 Å². The summed E-state index contributed by atoms with van der Waals surface area (Å²) in [5.74, 6) is 0.0498. The highest BCUT2D eigenvalue weighted by atomic mass is 16.4. The van der Waals surface area contributed by atoms with Gasteiger partial charge in [0.25, 0.3) is 0 Å². The highest BCUT2D eigenvalue weighted by molar-refractivity contribution is 5.88. The van der Waals surface area contributed by atoms with Gasteiger partial charge in [-0.2, -0.15) is 0 Å². The number of hydrogen-bond acceptors (Lipinski definition) is 6. The third-order valence-electron chi connectivity index (χ3n) is 4.26. The molecule has 0 atom stereocenters. The Bertz CT molecular complexity index is 1210. The molecule has 2 bridgehead atoms. The Kier molecular flexibility index (Phi) is 5.29. The van der Waals surface area contributed by atoms with Crippen molar-refractivity contribution in [2.75, 3.05) is 0 Å². The third-order valence-corrected chi connectivity index (χ3v) is 4.26. The van der Waals surface area contributed by atoms with Crippen LogP contribution in [-0.2, 0) is 12.8 Å². The van der Waals surface area contributed by atoms with Crippen molar-refractivity contribution in [1.29, 1.82) is 0 Å². The Labute approximate surface area is 166 Å². The van der Waals surface area contributed by atoms with E-state index < -0.39 is 5.97 Å². The molecule has 1 aliphatic carbocycles. The molecule has 5 rings (SSSR count). The van der Waals surface area contributed by atoms with Crippen molar-refractivity contribution in [3.63, 3.8) is 0 Å². The van der Waals surface area contributed by atoms with Gasteiger partial charge in [0.1, 0.15) is 5.76 Å². The summed E-state index contributed by atoms with van der Waals surface area (Å²) in [6, 6.07) is 15.4. The fraction of sp³-hybridized carbons (Fsp3) is 0.0909. The smallest absolute Gasteiger partial charge is 0.354 e. The van der Waals surface area contributed by atoms with Crippen LogP contribution in [0.3, 0.4) is 0 Å². The normalized spacial score (nSPS) is 11.4. The second-order valence-electron chi connectivity index (χ2n) is 6.25. The van der Waals surface area contributed by atoms with Crippen molar-refractivity contribution < 1.29 is 18.7 Å². The van der Waals surface area contributed by atoms with Gasteiger partial charge < -0.3 is 13.9 Å². The van der Waals surface area contributed by atoms with E-state index in [2.05, 4.69) is 15.0 Å². The van der Waals surface area contributed by atoms with Gasteiger partial charge >= 0.3 is 5.97 Å². The summed E-state index contributed by atoms with van der Waals surface area (Å²) in [7, 11) is 0. The molecule has 1 aromatic carbocycles. The molecule has 0 spiro atoms. The summed E-state index contributed by atoms with van der Waals surface area (Å²) in [4.78, 5) is 23.7. The molecular weight excluding hydrogens is 370 g/mol. The van der Waals surface area contributed by atoms with Crippen LogP contribution in [-0.4, -0.2) is 26.0 Å². The van der Waals surface area contributed by atoms with Crippen molar-refractivity contribution in [2.45, 2.75) is 12.8 Å². The van der Waals surface area contributed by atoms with E-state index >= 15 is 0 Å². The first-order valence-corrected chi connectivity index (χ1v) is 8.95. The number of carbonyl (C=O) groups is 1. The number of benzene rings is 1. The summed E-state index contributed by atoms with van der Waals surface area (Å²) < 4.78 is 10.8. The Morgan fingerprint density at radius 2 is 1.79 bits per heavy atom. The van der Waals surface area contributed by atoms with Gasteiger partial charge in [-0.05, 0) is 11.5 Å². The van der Waals surface area contributed by atoms with Crippen LogP contribution < -0.4 is 0 Å². The molecule has 7 heteroatoms. The van der Waals surface area contributed by atoms with E-state index in [0.29, 0.717) is 30.1 Å². The third kappa shape index (κ3) is 4.47. The number of nitrogens with zero attached hydrogens (tertiary/aromatic N) is 3. The molecule has 0 saturated heterocycles. The van der Waals surface area contributed by atoms with Crippen LogP contribution in [0.5, 0.6) is 0 Å². The average molecular weight is 387 g/mol. The highest BCUT2D eigenvalue weighted by Gasteiger charge is 2.28. The Morgan fingerprint density at radius 1 is 1.00 bits per heavy atom. The van der Waals surface area contributed by atoms with Crippen LogP contribution in [0.4, 0.5) is 0 Å². The van der Waals surface area contributed by atoms with Crippen molar-refractivity contribution in [1.82, 2.24) is 15.0 Å². The summed E-state index contributed by atoms with van der Waals surface area (Å²) in [5.41, 5.74) is 1.44. The second kappa shape index (κ2) is 8.35. The van der Waals surface area contributed by atoms with Crippen molar-refractivity contribution in [3.8, 4) is 0 Å². The monoisotopic (exact) mass is 387 g/mol. The minimum atomic E-state index is -1.12. The van der Waals surface area contributed by atoms with Crippen LogP contribution in [0.1, 0.15) is 33.4 Å². The van der Waals surface area contributed by atoms with E-state index in [-0.39, 0.29) is 5.69 Å². The Hall–Kier alpha value is -4.00. The summed E-state index contributed by atoms with van der Waals surface area (Å²) in [6.07, 6.45) is 6.38. The molecule has 2 aromatic rings. The van der Waals surface area contributed by atoms with Crippen LogP contribution in [0.25, 0.3) is 10.8 Å². The lowest BCUT2D eigenvalue weighted by atomic mass is 10.1. The zero-order chi connectivity index (χ0) is 20.1. The van der Waals surface area contributed by atoms with Crippen LogP contribution in [0, 0.1) is 0 Å². The van der Waals surface area contributed by atoms with E-state index in [4.69, 9.17) is 8.83 Å². The number of carboxylic acids is 1. The molecule has 29 heavy (non-hydrogen) atoms. The lowest BCUT2D eigenvalue weighted by molar-refractivity contribution is 0.0690. The van der Waals surface area contributed by atoms with Gasteiger partial charge in [0.05, 0.1) is 18.4 Å². The molecule has 144 valence electrons. The summed E-state index contributed by atoms with van der Waals surface area (Å²) in [6.45, 7) is 0. The van der Waals surface area contributed by atoms with E-state index in [1.54, 1.807) is 6.07 Å². The first-order valence-electron chi connectivity index (χ1n) is 8.95. The molecule has 1 aromatic heterocycles. The van der Waals surface area contributed by atoms with Crippen molar-refractivity contribution >= 4 is 16.7 Å². The Morgan fingerprint density at radius 3 is 2.62 bits per heavy atom. The standard InChI is InChI=1S/C22H17N3O4/c26-22(27)21-17-12-19(17)29-20-13-18(25-20)16-8-4-3-7-15(16)6-2-1-5-11-28-14-23-9-10-24-21/h1-11,14H,12-13H2,(H,26,27). The molecule has 0 saturated carbocycles. The van der Waals surface area contributed by atoms with E-state index in [1.165, 1.54) is 25.1 Å². The number of carboxylic acid groups (broad SMARTS) is 1. The van der Waals surface area contributed by atoms with Gasteiger partial charge in [0.2, 0.25) is 5.89 Å². The number of rotatable bonds is 1. The predicted molar refractivity (Wildman–Crippen MR) is 105 cm³/mol. The fourth-order valence-corrected chi connectivity index (χ4v) is 2.80. The van der Waals surface area contributed by atoms with E-state index in [1.807, 2.05) is 42.5 Å². The number of aromatic nitrogens is 3. The maximum absolute atomic E-state index is 11.4. The van der Waals surface area contributed by atoms with Gasteiger partial charge in [0.15, 0.2) is 12.1 Å². The molecular formula is C22H17N3O4. The largest absolute Gasteiger partial charge is 0.477 e. The number of aromatic carboxylic acids is 1. The minimum Gasteiger partial charge on any atom is -0.477 e. The number of fused-ring (bicyclic) bond motifs is 11. The van der Waals surface area contributed by atoms with Crippen molar-refractivity contribution in [3.05, 3.63) is 102 Å². The highest BCUT2D eigenvalue weighted by Crippen LogP contribution is 2.30. The van der Waals surface area contributed by atoms with Crippen molar-refractivity contribution in [2.24, 2.45) is 0 Å². The quantitative estimate of drug-likeness (QED) is 0.522. The maximum Gasteiger partial charge on any atom is 0.354 e. The molecule has 0 fully saturated rings. The lowest BCUT2D eigenvalue weighted by Crippen LogP contribution is -2.04. The fourth-order valence-electron chi connectivity index (χ4n) is 2.80. The van der Waals surface area contributed by atoms with Gasteiger partial charge in [-0.25, -0.2) is 19.7 Å². The molecule has 1 N–H and O–H groups in total. The maximum atomic E-state index is 11.4. The van der Waals surface area contributed by atoms with Gasteiger partial charge in [-0.15, -0.1) is 0 Å². The van der Waals surface area contributed by atoms with Gasteiger partial charge in [0, 0.05) is 29.8 Å². The molecule has 2 aliphatic heterocycles. The van der Waals surface area contributed by atoms with Crippen LogP contribution in [0.2, 0.25) is 0 Å². The number of hydrogen-bond donors (Lipinski definition) is 1. The lowest BCUT2D eigenvalue weighted by Gasteiger charge is -2.09. The molecule has 3 heterocycles. The van der Waals surface area contributed by atoms with Crippen LogP contribution >= 0.6 is 0 Å². The van der Waals surface area contributed by atoms with Gasteiger partial charge in [-0.1, -0.05) is 42.5 Å². The second-order valence-corrected chi connectivity index (χ2v) is 6.25. The first kappa shape index (κ1) is 18.4. The zero-order valence-corrected chi connectivity index (χ0v) is 15.4. The molecule has 3 aliphatic rings. The average Bonchev–Trinajstić information content (AvgIpc) is 3.43. The molecule has 0 amide bonds. The summed E-state index contributed by atoms with van der Waals surface area (Å²) >= 11 is 0. The molecule has 0 unspecified atom stereocenters. The zero-order valence-electron chi connectivity index (χ0n) is 15.4. The van der Waals surface area contributed by atoms with E-state index in [9.17, 15) is 9.90 Å². The molecule has 0 radical (unpaired) electrons. The van der Waals surface area contributed by atoms with Crippen LogP contribution in [0.15, 0.2) is 82.4 Å².